The average molecular weight is 240 g/mol. The molecule has 0 radical (unpaired) electrons. The Kier molecular flexibility index (Phi) is 10.7. The van der Waals surface area contributed by atoms with Gasteiger partial charge < -0.3 is 10.2 Å². The number of aliphatic hydroxyl groups is 1. The van der Waals surface area contributed by atoms with Crippen LogP contribution in [0.4, 0.5) is 0 Å². The Labute approximate surface area is 104 Å². The summed E-state index contributed by atoms with van der Waals surface area (Å²) in [5.41, 5.74) is 0. The molecule has 2 N–H and O–H groups in total. The Morgan fingerprint density at radius 2 is 1.94 bits per heavy atom. The number of carboxylic acids is 1. The number of allylic oxidation sites excluding steroid dienone is 3. The van der Waals surface area contributed by atoms with Crippen molar-refractivity contribution in [3.63, 3.8) is 0 Å². The van der Waals surface area contributed by atoms with Gasteiger partial charge in [0.2, 0.25) is 0 Å². The smallest absolute Gasteiger partial charge is 0.303 e. The van der Waals surface area contributed by atoms with Crippen molar-refractivity contribution in [1.82, 2.24) is 0 Å². The monoisotopic (exact) mass is 240 g/mol. The van der Waals surface area contributed by atoms with Crippen molar-refractivity contribution in [3.8, 4) is 0 Å². The van der Waals surface area contributed by atoms with Gasteiger partial charge in [0.25, 0.3) is 0 Å². The van der Waals surface area contributed by atoms with E-state index in [0.717, 1.165) is 32.1 Å². The Morgan fingerprint density at radius 3 is 2.59 bits per heavy atom. The van der Waals surface area contributed by atoms with E-state index in [9.17, 15) is 9.90 Å². The molecule has 98 valence electrons. The van der Waals surface area contributed by atoms with Gasteiger partial charge in [0.1, 0.15) is 0 Å². The molecule has 0 aromatic rings. The number of rotatable bonds is 10. The van der Waals surface area contributed by atoms with Crippen molar-refractivity contribution in [1.29, 1.82) is 0 Å². The molecule has 0 bridgehead atoms. The van der Waals surface area contributed by atoms with Gasteiger partial charge in [-0.05, 0) is 32.1 Å². The number of hydrogen-bond donors (Lipinski definition) is 2. The van der Waals surface area contributed by atoms with E-state index in [-0.39, 0.29) is 12.5 Å². The molecular formula is C14H24O3. The van der Waals surface area contributed by atoms with Crippen molar-refractivity contribution < 1.29 is 15.0 Å². The van der Waals surface area contributed by atoms with Gasteiger partial charge in [-0.2, -0.15) is 0 Å². The van der Waals surface area contributed by atoms with Gasteiger partial charge in [0, 0.05) is 6.42 Å². The maximum Gasteiger partial charge on any atom is 0.303 e. The largest absolute Gasteiger partial charge is 0.481 e. The minimum Gasteiger partial charge on any atom is -0.481 e. The van der Waals surface area contributed by atoms with Crippen molar-refractivity contribution >= 4 is 5.97 Å². The van der Waals surface area contributed by atoms with Gasteiger partial charge in [0.15, 0.2) is 0 Å². The summed E-state index contributed by atoms with van der Waals surface area (Å²) in [5, 5.41) is 17.9. The first-order valence-corrected chi connectivity index (χ1v) is 6.36. The summed E-state index contributed by atoms with van der Waals surface area (Å²) < 4.78 is 0. The van der Waals surface area contributed by atoms with Crippen molar-refractivity contribution in [2.24, 2.45) is 0 Å². The molecule has 0 spiro atoms. The van der Waals surface area contributed by atoms with Crippen LogP contribution in [0, 0.1) is 0 Å². The van der Waals surface area contributed by atoms with Gasteiger partial charge in [-0.15, -0.1) is 0 Å². The standard InChI is InChI=1S/C14H24O3/c1-2-10-13(15)11-8-6-4-3-5-7-9-12-14(16)17/h3,5-6,8,13,15H,2,4,7,9-12H2,1H3,(H,16,17). The highest BCUT2D eigenvalue weighted by Crippen LogP contribution is 2.03. The molecule has 0 saturated carbocycles. The molecule has 0 aliphatic carbocycles. The van der Waals surface area contributed by atoms with E-state index in [0.29, 0.717) is 6.42 Å². The molecule has 0 aromatic heterocycles. The summed E-state index contributed by atoms with van der Waals surface area (Å²) in [6, 6.07) is 0. The number of carbonyl (C=O) groups is 1. The van der Waals surface area contributed by atoms with Gasteiger partial charge in [-0.1, -0.05) is 37.6 Å². The SMILES string of the molecule is CCCC(O)CC=CCC=CCCCC(=O)O. The number of unbranched alkanes of at least 4 members (excludes halogenated alkanes) is 1. The van der Waals surface area contributed by atoms with Crippen LogP contribution in [0.2, 0.25) is 0 Å². The lowest BCUT2D eigenvalue weighted by Gasteiger charge is -2.03. The van der Waals surface area contributed by atoms with Crippen molar-refractivity contribution in [2.45, 2.75) is 58.0 Å². The second kappa shape index (κ2) is 11.4. The Morgan fingerprint density at radius 1 is 1.24 bits per heavy atom. The van der Waals surface area contributed by atoms with Gasteiger partial charge in [-0.3, -0.25) is 4.79 Å². The molecule has 0 aromatic carbocycles. The fourth-order valence-corrected chi connectivity index (χ4v) is 1.46. The Bertz CT molecular complexity index is 244. The number of carboxylic acid groups (broad SMARTS) is 1. The van der Waals surface area contributed by atoms with E-state index >= 15 is 0 Å². The quantitative estimate of drug-likeness (QED) is 0.455. The lowest BCUT2D eigenvalue weighted by atomic mass is 10.1. The number of aliphatic hydroxyl groups excluding tert-OH is 1. The van der Waals surface area contributed by atoms with Crippen molar-refractivity contribution in [3.05, 3.63) is 24.3 Å². The number of hydrogen-bond acceptors (Lipinski definition) is 2. The molecule has 0 fully saturated rings. The lowest BCUT2D eigenvalue weighted by Crippen LogP contribution is -2.02. The average Bonchev–Trinajstić information content (AvgIpc) is 2.27. The summed E-state index contributed by atoms with van der Waals surface area (Å²) in [6.07, 6.45) is 13.1. The molecule has 1 unspecified atom stereocenters. The van der Waals surface area contributed by atoms with Crippen LogP contribution in [0.25, 0.3) is 0 Å². The molecule has 0 aliphatic rings. The molecule has 3 nitrogen and oxygen atoms in total. The molecule has 3 heteroatoms. The molecule has 0 amide bonds. The van der Waals surface area contributed by atoms with E-state index in [2.05, 4.69) is 6.92 Å². The summed E-state index contributed by atoms with van der Waals surface area (Å²) in [4.78, 5) is 10.2. The first-order valence-electron chi connectivity index (χ1n) is 6.36. The van der Waals surface area contributed by atoms with E-state index in [1.807, 2.05) is 24.3 Å². The van der Waals surface area contributed by atoms with Gasteiger partial charge in [0.05, 0.1) is 6.10 Å². The van der Waals surface area contributed by atoms with Crippen LogP contribution in [-0.4, -0.2) is 22.3 Å². The zero-order valence-corrected chi connectivity index (χ0v) is 10.6. The first kappa shape index (κ1) is 15.9. The highest BCUT2D eigenvalue weighted by atomic mass is 16.4. The predicted octanol–water partition coefficient (Wildman–Crippen LogP) is 3.29. The van der Waals surface area contributed by atoms with E-state index in [1.54, 1.807) is 0 Å². The first-order chi connectivity index (χ1) is 8.16. The normalized spacial score (nSPS) is 13.5. The molecule has 0 aliphatic heterocycles. The van der Waals surface area contributed by atoms with Crippen LogP contribution in [0.1, 0.15) is 51.9 Å². The third kappa shape index (κ3) is 12.8. The van der Waals surface area contributed by atoms with E-state index < -0.39 is 5.97 Å². The summed E-state index contributed by atoms with van der Waals surface area (Å²) in [5.74, 6) is -0.733. The van der Waals surface area contributed by atoms with Crippen LogP contribution in [0.5, 0.6) is 0 Å². The zero-order chi connectivity index (χ0) is 12.9. The maximum absolute atomic E-state index is 10.2. The fraction of sp³-hybridized carbons (Fsp3) is 0.643. The Balaban J connectivity index is 3.39. The van der Waals surface area contributed by atoms with Crippen LogP contribution in [0.15, 0.2) is 24.3 Å². The minimum atomic E-state index is -0.733. The van der Waals surface area contributed by atoms with E-state index in [1.165, 1.54) is 0 Å². The van der Waals surface area contributed by atoms with Gasteiger partial charge >= 0.3 is 5.97 Å². The predicted molar refractivity (Wildman–Crippen MR) is 69.9 cm³/mol. The molecule has 17 heavy (non-hydrogen) atoms. The van der Waals surface area contributed by atoms with Crippen LogP contribution < -0.4 is 0 Å². The second-order valence-corrected chi connectivity index (χ2v) is 4.14. The second-order valence-electron chi connectivity index (χ2n) is 4.14. The van der Waals surface area contributed by atoms with Crippen LogP contribution in [-0.2, 0) is 4.79 Å². The fourth-order valence-electron chi connectivity index (χ4n) is 1.46. The molecular weight excluding hydrogens is 216 g/mol. The molecule has 0 rings (SSSR count). The minimum absolute atomic E-state index is 0.212. The van der Waals surface area contributed by atoms with Crippen molar-refractivity contribution in [2.75, 3.05) is 0 Å². The Hall–Kier alpha value is -1.09. The third-order valence-corrected chi connectivity index (χ3v) is 2.40. The summed E-state index contributed by atoms with van der Waals surface area (Å²) in [6.45, 7) is 2.06. The summed E-state index contributed by atoms with van der Waals surface area (Å²) in [7, 11) is 0. The number of aliphatic carboxylic acids is 1. The van der Waals surface area contributed by atoms with E-state index in [4.69, 9.17) is 5.11 Å². The van der Waals surface area contributed by atoms with Crippen LogP contribution in [0.3, 0.4) is 0 Å². The molecule has 1 atom stereocenters. The molecule has 0 saturated heterocycles. The highest BCUT2D eigenvalue weighted by molar-refractivity contribution is 5.66. The van der Waals surface area contributed by atoms with Gasteiger partial charge in [-0.25, -0.2) is 0 Å². The zero-order valence-electron chi connectivity index (χ0n) is 10.6. The molecule has 0 heterocycles. The third-order valence-electron chi connectivity index (χ3n) is 2.40. The summed E-state index contributed by atoms with van der Waals surface area (Å²) >= 11 is 0. The highest BCUT2D eigenvalue weighted by Gasteiger charge is 1.97. The lowest BCUT2D eigenvalue weighted by molar-refractivity contribution is -0.137. The topological polar surface area (TPSA) is 57.5 Å². The maximum atomic E-state index is 10.2. The van der Waals surface area contributed by atoms with Crippen LogP contribution >= 0.6 is 0 Å².